The van der Waals surface area contributed by atoms with Gasteiger partial charge in [0.05, 0.1) is 35.3 Å². The number of fused-ring (bicyclic) bond motifs is 3. The van der Waals surface area contributed by atoms with Crippen molar-refractivity contribution in [3.63, 3.8) is 0 Å². The fourth-order valence-corrected chi connectivity index (χ4v) is 7.63. The highest BCUT2D eigenvalue weighted by Gasteiger charge is 2.45. The number of halogens is 2. The molecule has 3 aliphatic heterocycles. The van der Waals surface area contributed by atoms with Gasteiger partial charge >= 0.3 is 6.01 Å². The van der Waals surface area contributed by atoms with Crippen LogP contribution in [0, 0.1) is 24.0 Å². The highest BCUT2D eigenvalue weighted by atomic mass is 19.1. The molecule has 3 aliphatic rings. The SMILES string of the molecule is C#Cc1c(F)ccc2cc(O)cc(-c3nc(CC)c4c(N5CC=[N+](C(C)C)CC5)nc(OCC56CCCN5CCC6)nc4c3F)c12.CC. The van der Waals surface area contributed by atoms with E-state index in [1.807, 2.05) is 20.8 Å². The van der Waals surface area contributed by atoms with Crippen LogP contribution < -0.4 is 9.64 Å². The van der Waals surface area contributed by atoms with Crippen LogP contribution in [-0.4, -0.2) is 86.7 Å². The van der Waals surface area contributed by atoms with Gasteiger partial charge in [-0.2, -0.15) is 9.97 Å². The van der Waals surface area contributed by atoms with Gasteiger partial charge in [-0.3, -0.25) is 4.90 Å². The van der Waals surface area contributed by atoms with Gasteiger partial charge in [-0.1, -0.05) is 32.8 Å². The minimum absolute atomic E-state index is 0.0188. The van der Waals surface area contributed by atoms with E-state index in [1.54, 1.807) is 0 Å². The summed E-state index contributed by atoms with van der Waals surface area (Å²) in [5.41, 5.74) is 0.748. The normalized spacial score (nSPS) is 17.3. The number of hydrogen-bond acceptors (Lipinski definition) is 7. The summed E-state index contributed by atoms with van der Waals surface area (Å²) in [5, 5.41) is 12.0. The van der Waals surface area contributed by atoms with Crippen LogP contribution in [0.15, 0.2) is 24.3 Å². The first kappa shape index (κ1) is 33.5. The van der Waals surface area contributed by atoms with Gasteiger partial charge in [-0.05, 0) is 82.6 Å². The Morgan fingerprint density at radius 1 is 1.06 bits per heavy atom. The van der Waals surface area contributed by atoms with Crippen molar-refractivity contribution < 1.29 is 23.2 Å². The molecule has 0 atom stereocenters. The number of phenolic OH excluding ortho intramolecular Hbond substituents is 1. The molecule has 0 bridgehead atoms. The third-order valence-corrected chi connectivity index (χ3v) is 10.0. The fraction of sp³-hybridized carbons (Fsp3) is 0.474. The number of nitrogens with zero attached hydrogens (tertiary/aromatic N) is 6. The molecular weight excluding hydrogens is 610 g/mol. The molecule has 0 aliphatic carbocycles. The first-order valence-electron chi connectivity index (χ1n) is 17.3. The van der Waals surface area contributed by atoms with Crippen molar-refractivity contribution in [3.8, 4) is 35.4 Å². The topological polar surface area (TPSA) is 77.6 Å². The summed E-state index contributed by atoms with van der Waals surface area (Å²) in [6.45, 7) is 14.9. The number of anilines is 1. The molecule has 8 nitrogen and oxygen atoms in total. The van der Waals surface area contributed by atoms with Crippen molar-refractivity contribution >= 4 is 33.7 Å². The molecule has 0 amide bonds. The lowest BCUT2D eigenvalue weighted by molar-refractivity contribution is -0.555. The Kier molecular flexibility index (Phi) is 9.53. The molecule has 7 rings (SSSR count). The van der Waals surface area contributed by atoms with Crippen LogP contribution in [0.5, 0.6) is 11.8 Å². The van der Waals surface area contributed by atoms with Gasteiger partial charge in [-0.25, -0.2) is 18.3 Å². The summed E-state index contributed by atoms with van der Waals surface area (Å²) in [4.78, 5) is 19.1. The van der Waals surface area contributed by atoms with E-state index in [4.69, 9.17) is 26.1 Å². The molecule has 2 aromatic heterocycles. The molecular formula is C38H45F2N6O2+. The third-order valence-electron chi connectivity index (χ3n) is 10.0. The molecule has 252 valence electrons. The maximum absolute atomic E-state index is 17.0. The number of benzene rings is 2. The Balaban J connectivity index is 0.00000197. The lowest BCUT2D eigenvalue weighted by atomic mass is 9.95. The molecule has 5 heterocycles. The van der Waals surface area contributed by atoms with Gasteiger partial charge < -0.3 is 14.7 Å². The Bertz CT molecular complexity index is 1930. The molecule has 2 aromatic carbocycles. The molecule has 48 heavy (non-hydrogen) atoms. The number of aromatic hydroxyl groups is 1. The van der Waals surface area contributed by atoms with Gasteiger partial charge in [0.1, 0.15) is 41.2 Å². The highest BCUT2D eigenvalue weighted by Crippen LogP contribution is 2.42. The zero-order valence-electron chi connectivity index (χ0n) is 28.6. The quantitative estimate of drug-likeness (QED) is 0.175. The lowest BCUT2D eigenvalue weighted by Crippen LogP contribution is -2.44. The molecule has 1 N–H and O–H groups in total. The molecule has 4 aromatic rings. The largest absolute Gasteiger partial charge is 0.508 e. The molecule has 0 saturated carbocycles. The molecule has 10 heteroatoms. The number of pyridine rings is 1. The zero-order valence-corrected chi connectivity index (χ0v) is 28.6. The van der Waals surface area contributed by atoms with Crippen LogP contribution in [0.4, 0.5) is 14.6 Å². The van der Waals surface area contributed by atoms with E-state index >= 15 is 4.39 Å². The number of hydrogen-bond donors (Lipinski definition) is 1. The Labute approximate surface area is 281 Å². The Morgan fingerprint density at radius 2 is 1.81 bits per heavy atom. The summed E-state index contributed by atoms with van der Waals surface area (Å²) in [6.07, 6.45) is 12.7. The first-order valence-corrected chi connectivity index (χ1v) is 17.3. The van der Waals surface area contributed by atoms with Crippen LogP contribution in [0.3, 0.4) is 0 Å². The van der Waals surface area contributed by atoms with Crippen LogP contribution in [0.2, 0.25) is 0 Å². The van der Waals surface area contributed by atoms with E-state index in [0.29, 0.717) is 59.8 Å². The second kappa shape index (κ2) is 13.6. The van der Waals surface area contributed by atoms with E-state index in [-0.39, 0.29) is 39.6 Å². The van der Waals surface area contributed by atoms with Crippen molar-refractivity contribution in [1.82, 2.24) is 19.9 Å². The minimum Gasteiger partial charge on any atom is -0.508 e. The lowest BCUT2D eigenvalue weighted by Gasteiger charge is -2.31. The van der Waals surface area contributed by atoms with Gasteiger partial charge in [0.25, 0.3) is 0 Å². The average Bonchev–Trinajstić information content (AvgIpc) is 3.69. The minimum atomic E-state index is -0.703. The van der Waals surface area contributed by atoms with Crippen LogP contribution in [0.1, 0.15) is 71.6 Å². The van der Waals surface area contributed by atoms with Crippen molar-refractivity contribution in [2.24, 2.45) is 0 Å². The van der Waals surface area contributed by atoms with Crippen molar-refractivity contribution in [2.45, 2.75) is 78.3 Å². The van der Waals surface area contributed by atoms with Crippen molar-refractivity contribution in [1.29, 1.82) is 0 Å². The van der Waals surface area contributed by atoms with E-state index in [0.717, 1.165) is 45.3 Å². The first-order chi connectivity index (χ1) is 23.2. The summed E-state index contributed by atoms with van der Waals surface area (Å²) in [6, 6.07) is 6.11. The maximum atomic E-state index is 17.0. The molecule has 2 fully saturated rings. The molecule has 0 radical (unpaired) electrons. The van der Waals surface area contributed by atoms with Gasteiger partial charge in [0, 0.05) is 10.9 Å². The maximum Gasteiger partial charge on any atom is 0.319 e. The van der Waals surface area contributed by atoms with E-state index in [1.165, 1.54) is 24.3 Å². The average molecular weight is 656 g/mol. The van der Waals surface area contributed by atoms with E-state index < -0.39 is 11.6 Å². The Hall–Kier alpha value is -4.36. The highest BCUT2D eigenvalue weighted by molar-refractivity contribution is 6.03. The smallest absolute Gasteiger partial charge is 0.319 e. The molecule has 2 saturated heterocycles. The number of terminal acetylenes is 1. The summed E-state index contributed by atoms with van der Waals surface area (Å²) in [5.74, 6) is 1.58. The second-order valence-electron chi connectivity index (χ2n) is 13.0. The number of phenols is 1. The summed E-state index contributed by atoms with van der Waals surface area (Å²) in [7, 11) is 0. The fourth-order valence-electron chi connectivity index (χ4n) is 7.63. The summed E-state index contributed by atoms with van der Waals surface area (Å²) < 4.78 is 40.7. The second-order valence-corrected chi connectivity index (χ2v) is 13.0. The van der Waals surface area contributed by atoms with Crippen LogP contribution in [-0.2, 0) is 6.42 Å². The van der Waals surface area contributed by atoms with Crippen LogP contribution in [0.25, 0.3) is 32.9 Å². The van der Waals surface area contributed by atoms with Gasteiger partial charge in [0.2, 0.25) is 0 Å². The van der Waals surface area contributed by atoms with Crippen molar-refractivity contribution in [2.75, 3.05) is 44.2 Å². The molecule has 0 spiro atoms. The number of aryl methyl sites for hydroxylation is 1. The van der Waals surface area contributed by atoms with Crippen LogP contribution >= 0.6 is 0 Å². The van der Waals surface area contributed by atoms with E-state index in [2.05, 4.69) is 40.4 Å². The van der Waals surface area contributed by atoms with Gasteiger partial charge in [0.15, 0.2) is 18.6 Å². The number of aromatic nitrogens is 3. The Morgan fingerprint density at radius 3 is 2.46 bits per heavy atom. The standard InChI is InChI=1S/C36H38F2N6O2.C2H6/c1-5-25-27(37)10-9-23-19-24(45)20-26(29(23)25)32-31(38)33-30(28(6-2)39-32)34(43-17-15-42(16-18-43)22(3)4)41-35(40-33)46-21-36-11-7-13-44(36)14-8-12-36;1-2/h1,9-10,15,19-20,22H,6-8,11-14,16-18,21H2,2-4H3;1-2H3/p+1. The number of ether oxygens (including phenoxy) is 1. The van der Waals surface area contributed by atoms with E-state index in [9.17, 15) is 9.50 Å². The van der Waals surface area contributed by atoms with Crippen molar-refractivity contribution in [3.05, 3.63) is 47.2 Å². The predicted molar refractivity (Wildman–Crippen MR) is 187 cm³/mol. The van der Waals surface area contributed by atoms with Gasteiger partial charge in [-0.15, -0.1) is 6.42 Å². The number of rotatable bonds is 7. The zero-order chi connectivity index (χ0) is 34.2. The molecule has 0 unspecified atom stereocenters. The third kappa shape index (κ3) is 5.83. The predicted octanol–water partition coefficient (Wildman–Crippen LogP) is 6.72. The monoisotopic (exact) mass is 655 g/mol. The summed E-state index contributed by atoms with van der Waals surface area (Å²) >= 11 is 0.